The summed E-state index contributed by atoms with van der Waals surface area (Å²) in [6.45, 7) is 5.17. The van der Waals surface area contributed by atoms with Crippen molar-refractivity contribution in [2.45, 2.75) is 44.6 Å². The Bertz CT molecular complexity index is 1230. The molecule has 33 heavy (non-hydrogen) atoms. The van der Waals surface area contributed by atoms with Crippen LogP contribution in [-0.2, 0) is 19.6 Å². The van der Waals surface area contributed by atoms with E-state index in [1.54, 1.807) is 39.0 Å². The molecule has 1 saturated heterocycles. The first-order chi connectivity index (χ1) is 15.6. The Hall–Kier alpha value is -2.98. The molecule has 2 aromatic carbocycles. The van der Waals surface area contributed by atoms with Gasteiger partial charge in [0.05, 0.1) is 16.5 Å². The number of nitrogens with one attached hydrogen (secondary N) is 2. The summed E-state index contributed by atoms with van der Waals surface area (Å²) >= 11 is 0. The fraction of sp³-hybridized carbons (Fsp3) is 0.391. The van der Waals surface area contributed by atoms with E-state index in [1.165, 1.54) is 16.4 Å². The number of carbonyl (C=O) groups excluding carboxylic acids is 2. The Kier molecular flexibility index (Phi) is 6.15. The number of halogens is 1. The number of aryl methyl sites for hydroxylation is 2. The molecule has 10 heteroatoms. The minimum Gasteiger partial charge on any atom is -0.479 e. The lowest BCUT2D eigenvalue weighted by Gasteiger charge is -2.32. The minimum absolute atomic E-state index is 0.0209. The Morgan fingerprint density at radius 2 is 1.97 bits per heavy atom. The molecule has 0 radical (unpaired) electrons. The number of nitrogens with zero attached hydrogens (tertiary/aromatic N) is 1. The maximum absolute atomic E-state index is 13.8. The molecule has 0 spiro atoms. The van der Waals surface area contributed by atoms with Gasteiger partial charge in [-0.1, -0.05) is 6.07 Å². The molecule has 8 nitrogen and oxygen atoms in total. The third-order valence-electron chi connectivity index (χ3n) is 6.02. The van der Waals surface area contributed by atoms with Crippen LogP contribution >= 0.6 is 0 Å². The van der Waals surface area contributed by atoms with Gasteiger partial charge in [0.15, 0.2) is 6.10 Å². The minimum atomic E-state index is -3.91. The monoisotopic (exact) mass is 475 g/mol. The van der Waals surface area contributed by atoms with E-state index >= 15 is 0 Å². The standard InChI is InChI=1S/C23H26FN3O5S/c1-13-6-7-17(10-18(13)24)25-23(29)16-5-4-8-27(12-16)33(30,31)21-11-20-19(9-14(21)2)26-22(28)15(3)32-20/h6-7,9-11,15-16H,4-5,8,12H2,1-3H3,(H,25,29)(H,26,28)/t15-,16-/m0/s1. The number of amides is 2. The van der Waals surface area contributed by atoms with E-state index in [-0.39, 0.29) is 29.8 Å². The van der Waals surface area contributed by atoms with Crippen LogP contribution < -0.4 is 15.4 Å². The second kappa shape index (κ2) is 8.75. The maximum atomic E-state index is 13.8. The summed E-state index contributed by atoms with van der Waals surface area (Å²) in [6.07, 6.45) is 0.320. The smallest absolute Gasteiger partial charge is 0.265 e. The highest BCUT2D eigenvalue weighted by atomic mass is 32.2. The van der Waals surface area contributed by atoms with Crippen LogP contribution in [0.25, 0.3) is 0 Å². The predicted octanol–water partition coefficient (Wildman–Crippen LogP) is 3.20. The zero-order valence-electron chi connectivity index (χ0n) is 18.6. The Morgan fingerprint density at radius 1 is 1.21 bits per heavy atom. The number of fused-ring (bicyclic) bond motifs is 1. The SMILES string of the molecule is Cc1ccc(NC(=O)[C@H]2CCCN(S(=O)(=O)c3cc4c(cc3C)NC(=O)[C@H](C)O4)C2)cc1F. The first-order valence-electron chi connectivity index (χ1n) is 10.8. The van der Waals surface area contributed by atoms with Gasteiger partial charge >= 0.3 is 0 Å². The van der Waals surface area contributed by atoms with Crippen molar-refractivity contribution in [3.05, 3.63) is 47.3 Å². The number of carbonyl (C=O) groups is 2. The molecule has 176 valence electrons. The third kappa shape index (κ3) is 4.58. The highest BCUT2D eigenvalue weighted by Crippen LogP contribution is 2.36. The molecule has 2 N–H and O–H groups in total. The molecule has 2 aliphatic rings. The number of piperidine rings is 1. The van der Waals surface area contributed by atoms with Crippen molar-refractivity contribution < 1.29 is 27.1 Å². The van der Waals surface area contributed by atoms with Crippen LogP contribution in [0.3, 0.4) is 0 Å². The lowest BCUT2D eigenvalue weighted by Crippen LogP contribution is -2.44. The molecule has 4 rings (SSSR count). The van der Waals surface area contributed by atoms with E-state index in [0.717, 1.165) is 0 Å². The van der Waals surface area contributed by atoms with Gasteiger partial charge in [-0.05, 0) is 62.9 Å². The zero-order valence-corrected chi connectivity index (χ0v) is 19.5. The number of rotatable bonds is 4. The summed E-state index contributed by atoms with van der Waals surface area (Å²) in [5, 5.41) is 5.40. The molecular weight excluding hydrogens is 449 g/mol. The van der Waals surface area contributed by atoms with Gasteiger partial charge in [0.1, 0.15) is 11.6 Å². The van der Waals surface area contributed by atoms with Crippen LogP contribution in [-0.4, -0.2) is 43.7 Å². The first-order valence-corrected chi connectivity index (χ1v) is 12.2. The van der Waals surface area contributed by atoms with Crippen molar-refractivity contribution >= 4 is 33.2 Å². The summed E-state index contributed by atoms with van der Waals surface area (Å²) in [5.41, 5.74) is 1.70. The van der Waals surface area contributed by atoms with Crippen molar-refractivity contribution in [1.82, 2.24) is 4.31 Å². The number of hydrogen-bond donors (Lipinski definition) is 2. The van der Waals surface area contributed by atoms with Crippen LogP contribution in [0.4, 0.5) is 15.8 Å². The zero-order chi connectivity index (χ0) is 23.9. The third-order valence-corrected chi connectivity index (χ3v) is 8.03. The largest absolute Gasteiger partial charge is 0.479 e. The molecule has 0 aromatic heterocycles. The summed E-state index contributed by atoms with van der Waals surface area (Å²) < 4.78 is 47.6. The number of benzene rings is 2. The number of hydrogen-bond acceptors (Lipinski definition) is 5. The maximum Gasteiger partial charge on any atom is 0.265 e. The predicted molar refractivity (Wildman–Crippen MR) is 121 cm³/mol. The van der Waals surface area contributed by atoms with Crippen LogP contribution in [0.5, 0.6) is 5.75 Å². The van der Waals surface area contributed by atoms with Gasteiger partial charge in [-0.15, -0.1) is 0 Å². The first kappa shape index (κ1) is 23.2. The van der Waals surface area contributed by atoms with Gasteiger partial charge in [0, 0.05) is 24.8 Å². The fourth-order valence-electron chi connectivity index (χ4n) is 4.05. The summed E-state index contributed by atoms with van der Waals surface area (Å²) in [5.74, 6) is -1.34. The molecule has 0 saturated carbocycles. The molecule has 0 unspecified atom stereocenters. The van der Waals surface area contributed by atoms with E-state index in [9.17, 15) is 22.4 Å². The number of anilines is 2. The van der Waals surface area contributed by atoms with Crippen LogP contribution in [0, 0.1) is 25.6 Å². The molecule has 2 atom stereocenters. The van der Waals surface area contributed by atoms with Gasteiger partial charge < -0.3 is 15.4 Å². The molecule has 2 aromatic rings. The number of ether oxygens (including phenoxy) is 1. The average Bonchev–Trinajstić information content (AvgIpc) is 2.77. The molecule has 0 bridgehead atoms. The molecule has 2 aliphatic heterocycles. The average molecular weight is 476 g/mol. The highest BCUT2D eigenvalue weighted by molar-refractivity contribution is 7.89. The van der Waals surface area contributed by atoms with Gasteiger partial charge in [-0.25, -0.2) is 12.8 Å². The molecule has 2 amide bonds. The fourth-order valence-corrected chi connectivity index (χ4v) is 5.80. The van der Waals surface area contributed by atoms with Crippen molar-refractivity contribution in [3.63, 3.8) is 0 Å². The lowest BCUT2D eigenvalue weighted by molar-refractivity contribution is -0.123. The van der Waals surface area contributed by atoms with Crippen LogP contribution in [0.1, 0.15) is 30.9 Å². The Labute approximate surface area is 192 Å². The van der Waals surface area contributed by atoms with Crippen molar-refractivity contribution in [1.29, 1.82) is 0 Å². The second-order valence-electron chi connectivity index (χ2n) is 8.52. The highest BCUT2D eigenvalue weighted by Gasteiger charge is 2.35. The molecular formula is C23H26FN3O5S. The molecule has 0 aliphatic carbocycles. The van der Waals surface area contributed by atoms with E-state index in [0.29, 0.717) is 41.1 Å². The van der Waals surface area contributed by atoms with Gasteiger partial charge in [-0.2, -0.15) is 4.31 Å². The molecule has 1 fully saturated rings. The Balaban J connectivity index is 1.54. The quantitative estimate of drug-likeness (QED) is 0.707. The number of sulfonamides is 1. The van der Waals surface area contributed by atoms with E-state index in [2.05, 4.69) is 10.6 Å². The van der Waals surface area contributed by atoms with Gasteiger partial charge in [-0.3, -0.25) is 9.59 Å². The normalized spacial score (nSPS) is 21.0. The van der Waals surface area contributed by atoms with Gasteiger partial charge in [0.25, 0.3) is 5.91 Å². The van der Waals surface area contributed by atoms with Crippen LogP contribution in [0.15, 0.2) is 35.2 Å². The molecule has 2 heterocycles. The topological polar surface area (TPSA) is 105 Å². The summed E-state index contributed by atoms with van der Waals surface area (Å²) in [7, 11) is -3.91. The van der Waals surface area contributed by atoms with E-state index in [4.69, 9.17) is 4.74 Å². The van der Waals surface area contributed by atoms with Gasteiger partial charge in [0.2, 0.25) is 15.9 Å². The van der Waals surface area contributed by atoms with Crippen molar-refractivity contribution in [2.75, 3.05) is 23.7 Å². The summed E-state index contributed by atoms with van der Waals surface area (Å²) in [4.78, 5) is 24.7. The Morgan fingerprint density at radius 3 is 2.70 bits per heavy atom. The van der Waals surface area contributed by atoms with Crippen molar-refractivity contribution in [3.8, 4) is 5.75 Å². The lowest BCUT2D eigenvalue weighted by atomic mass is 9.98. The van der Waals surface area contributed by atoms with Crippen LogP contribution in [0.2, 0.25) is 0 Å². The van der Waals surface area contributed by atoms with Crippen molar-refractivity contribution in [2.24, 2.45) is 5.92 Å². The van der Waals surface area contributed by atoms with E-state index < -0.39 is 27.9 Å². The summed E-state index contributed by atoms with van der Waals surface area (Å²) in [6, 6.07) is 7.44. The second-order valence-corrected chi connectivity index (χ2v) is 10.4. The van der Waals surface area contributed by atoms with E-state index in [1.807, 2.05) is 0 Å².